The zero-order chi connectivity index (χ0) is 19.4. The fourth-order valence-corrected chi connectivity index (χ4v) is 5.85. The molecule has 1 aromatic carbocycles. The molecule has 0 saturated heterocycles. The van der Waals surface area contributed by atoms with E-state index < -0.39 is 0 Å². The molecule has 1 N–H and O–H groups in total. The Hall–Kier alpha value is -1.99. The van der Waals surface area contributed by atoms with Gasteiger partial charge in [0.25, 0.3) is 0 Å². The zero-order valence-corrected chi connectivity index (χ0v) is 17.3. The third kappa shape index (κ3) is 3.99. The van der Waals surface area contributed by atoms with Crippen LogP contribution in [0.2, 0.25) is 0 Å². The first kappa shape index (κ1) is 19.8. The number of thiophene rings is 1. The minimum absolute atomic E-state index is 0.136. The summed E-state index contributed by atoms with van der Waals surface area (Å²) in [4.78, 5) is 13.1. The Bertz CT molecular complexity index is 842. The average Bonchev–Trinajstić information content (AvgIpc) is 3.06. The van der Waals surface area contributed by atoms with Crippen molar-refractivity contribution in [3.8, 4) is 5.75 Å². The summed E-state index contributed by atoms with van der Waals surface area (Å²) >= 11 is 3.12. The summed E-state index contributed by atoms with van der Waals surface area (Å²) < 4.78 is 11.5. The lowest BCUT2D eigenvalue weighted by molar-refractivity contribution is 0.0530. The van der Waals surface area contributed by atoms with E-state index in [4.69, 9.17) is 9.47 Å². The monoisotopic (exact) mass is 405 g/mol. The lowest BCUT2D eigenvalue weighted by Crippen LogP contribution is -2.21. The van der Waals surface area contributed by atoms with Crippen molar-refractivity contribution in [1.82, 2.24) is 0 Å². The van der Waals surface area contributed by atoms with Crippen LogP contribution in [0.25, 0.3) is 0 Å². The molecule has 2 aromatic rings. The van der Waals surface area contributed by atoms with Gasteiger partial charge in [-0.1, -0.05) is 24.2 Å². The average molecular weight is 406 g/mol. The van der Waals surface area contributed by atoms with Crippen LogP contribution in [0.1, 0.15) is 52.5 Å². The second-order valence-electron chi connectivity index (χ2n) is 6.15. The van der Waals surface area contributed by atoms with Crippen LogP contribution in [0.4, 0.5) is 0 Å². The number of rotatable bonds is 6. The molecule has 27 heavy (non-hydrogen) atoms. The van der Waals surface area contributed by atoms with Gasteiger partial charge in [0.1, 0.15) is 10.6 Å². The Morgan fingerprint density at radius 3 is 2.63 bits per heavy atom. The second kappa shape index (κ2) is 8.80. The number of carbonyl (C=O) groups is 1. The van der Waals surface area contributed by atoms with Crippen LogP contribution in [-0.2, 0) is 11.2 Å². The SMILES string of the molecule is CCOC(=O)c1sc(SCC)c2c1CC(c1ccc(OC)cc1)C/C2=N\O. The number of ether oxygens (including phenoxy) is 2. The van der Waals surface area contributed by atoms with E-state index >= 15 is 0 Å². The van der Waals surface area contributed by atoms with E-state index in [0.29, 0.717) is 23.6 Å². The fraction of sp³-hybridized carbons (Fsp3) is 0.400. The highest BCUT2D eigenvalue weighted by Crippen LogP contribution is 2.44. The van der Waals surface area contributed by atoms with Crippen LogP contribution in [0.3, 0.4) is 0 Å². The highest BCUT2D eigenvalue weighted by Gasteiger charge is 2.34. The topological polar surface area (TPSA) is 68.1 Å². The van der Waals surface area contributed by atoms with Gasteiger partial charge in [-0.2, -0.15) is 0 Å². The molecule has 1 aromatic heterocycles. The largest absolute Gasteiger partial charge is 0.497 e. The number of hydrogen-bond acceptors (Lipinski definition) is 7. The van der Waals surface area contributed by atoms with Gasteiger partial charge < -0.3 is 14.7 Å². The van der Waals surface area contributed by atoms with Crippen LogP contribution < -0.4 is 4.74 Å². The standard InChI is InChI=1S/C20H23NO4S2/c1-4-25-19(22)18-15-10-13(12-6-8-14(24-3)9-7-12)11-16(21-23)17(15)20(27-18)26-5-2/h6-9,13,23H,4-5,10-11H2,1-3H3/b21-16+. The fourth-order valence-electron chi connectivity index (χ4n) is 3.38. The van der Waals surface area contributed by atoms with Gasteiger partial charge in [-0.15, -0.1) is 23.1 Å². The van der Waals surface area contributed by atoms with E-state index in [-0.39, 0.29) is 11.9 Å². The van der Waals surface area contributed by atoms with Gasteiger partial charge in [0.2, 0.25) is 0 Å². The number of thioether (sulfide) groups is 1. The van der Waals surface area contributed by atoms with E-state index in [9.17, 15) is 10.0 Å². The van der Waals surface area contributed by atoms with E-state index in [1.807, 2.05) is 24.3 Å². The quantitative estimate of drug-likeness (QED) is 0.319. The normalized spacial score (nSPS) is 17.6. The van der Waals surface area contributed by atoms with Crippen molar-refractivity contribution in [1.29, 1.82) is 0 Å². The molecule has 0 bridgehead atoms. The lowest BCUT2D eigenvalue weighted by Gasteiger charge is -2.25. The number of hydrogen-bond donors (Lipinski definition) is 1. The summed E-state index contributed by atoms with van der Waals surface area (Å²) in [5.41, 5.74) is 3.63. The molecule has 0 amide bonds. The molecule has 0 aliphatic heterocycles. The maximum atomic E-state index is 12.5. The summed E-state index contributed by atoms with van der Waals surface area (Å²) in [5.74, 6) is 1.53. The predicted molar refractivity (Wildman–Crippen MR) is 109 cm³/mol. The maximum Gasteiger partial charge on any atom is 0.348 e. The number of methoxy groups -OCH3 is 1. The predicted octanol–water partition coefficient (Wildman–Crippen LogP) is 4.95. The first-order valence-corrected chi connectivity index (χ1v) is 10.7. The molecule has 3 rings (SSSR count). The number of fused-ring (bicyclic) bond motifs is 1. The molecule has 144 valence electrons. The number of nitrogens with zero attached hydrogens (tertiary/aromatic N) is 1. The third-order valence-corrected chi connectivity index (χ3v) is 6.96. The van der Waals surface area contributed by atoms with Gasteiger partial charge in [0.15, 0.2) is 0 Å². The van der Waals surface area contributed by atoms with Gasteiger partial charge in [0, 0.05) is 12.0 Å². The molecule has 1 heterocycles. The minimum atomic E-state index is -0.297. The second-order valence-corrected chi connectivity index (χ2v) is 8.70. The van der Waals surface area contributed by atoms with Gasteiger partial charge in [-0.25, -0.2) is 4.79 Å². The lowest BCUT2D eigenvalue weighted by atomic mass is 9.80. The molecule has 1 aliphatic carbocycles. The van der Waals surface area contributed by atoms with Crippen molar-refractivity contribution in [3.63, 3.8) is 0 Å². The first-order valence-electron chi connectivity index (χ1n) is 8.93. The molecule has 1 atom stereocenters. The Kier molecular flexibility index (Phi) is 6.44. The molecule has 0 spiro atoms. The molecule has 7 heteroatoms. The highest BCUT2D eigenvalue weighted by atomic mass is 32.2. The molecule has 1 aliphatic rings. The van der Waals surface area contributed by atoms with Crippen LogP contribution in [0.5, 0.6) is 5.75 Å². The van der Waals surface area contributed by atoms with Crippen molar-refractivity contribution in [3.05, 3.63) is 45.8 Å². The van der Waals surface area contributed by atoms with E-state index in [1.54, 1.807) is 25.8 Å². The van der Waals surface area contributed by atoms with E-state index in [1.165, 1.54) is 11.3 Å². The summed E-state index contributed by atoms with van der Waals surface area (Å²) in [7, 11) is 1.64. The number of carbonyl (C=O) groups excluding carboxylic acids is 1. The Labute approximate surface area is 167 Å². The Morgan fingerprint density at radius 2 is 2.04 bits per heavy atom. The van der Waals surface area contributed by atoms with E-state index in [2.05, 4.69) is 12.1 Å². The van der Waals surface area contributed by atoms with Gasteiger partial charge in [-0.3, -0.25) is 0 Å². The molecule has 0 fully saturated rings. The Morgan fingerprint density at radius 1 is 1.30 bits per heavy atom. The van der Waals surface area contributed by atoms with Crippen molar-refractivity contribution < 1.29 is 19.5 Å². The third-order valence-electron chi connectivity index (χ3n) is 4.60. The maximum absolute atomic E-state index is 12.5. The van der Waals surface area contributed by atoms with Crippen LogP contribution in [-0.4, -0.2) is 36.4 Å². The number of esters is 1. The zero-order valence-electron chi connectivity index (χ0n) is 15.7. The minimum Gasteiger partial charge on any atom is -0.497 e. The summed E-state index contributed by atoms with van der Waals surface area (Å²) in [6.45, 7) is 4.21. The van der Waals surface area contributed by atoms with Crippen LogP contribution in [0.15, 0.2) is 33.6 Å². The van der Waals surface area contributed by atoms with E-state index in [0.717, 1.165) is 38.8 Å². The van der Waals surface area contributed by atoms with Crippen LogP contribution >= 0.6 is 23.1 Å². The molecular formula is C20H23NO4S2. The van der Waals surface area contributed by atoms with Crippen LogP contribution in [0, 0.1) is 0 Å². The van der Waals surface area contributed by atoms with Gasteiger partial charge >= 0.3 is 5.97 Å². The summed E-state index contributed by atoms with van der Waals surface area (Å²) in [6, 6.07) is 7.92. The van der Waals surface area contributed by atoms with Crippen molar-refractivity contribution in [2.75, 3.05) is 19.5 Å². The summed E-state index contributed by atoms with van der Waals surface area (Å²) in [5, 5.41) is 13.3. The van der Waals surface area contributed by atoms with Crippen molar-refractivity contribution in [2.45, 2.75) is 36.8 Å². The van der Waals surface area contributed by atoms with Gasteiger partial charge in [-0.05, 0) is 48.3 Å². The van der Waals surface area contributed by atoms with Crippen molar-refractivity contribution in [2.24, 2.45) is 5.16 Å². The number of oxime groups is 1. The van der Waals surface area contributed by atoms with Crippen molar-refractivity contribution >= 4 is 34.8 Å². The molecule has 0 saturated carbocycles. The Balaban J connectivity index is 2.04. The molecule has 1 unspecified atom stereocenters. The molecule has 0 radical (unpaired) electrons. The van der Waals surface area contributed by atoms with Gasteiger partial charge in [0.05, 0.1) is 23.6 Å². The smallest absolute Gasteiger partial charge is 0.348 e. The molecule has 5 nitrogen and oxygen atoms in total. The highest BCUT2D eigenvalue weighted by molar-refractivity contribution is 8.01. The summed E-state index contributed by atoms with van der Waals surface area (Å²) in [6.07, 6.45) is 1.35. The first-order chi connectivity index (χ1) is 13.1. The number of benzene rings is 1. The molecular weight excluding hydrogens is 382 g/mol.